The first-order valence-electron chi connectivity index (χ1n) is 7.01. The Hall–Kier alpha value is -1.81. The summed E-state index contributed by atoms with van der Waals surface area (Å²) < 4.78 is 7.99. The first-order chi connectivity index (χ1) is 9.54. The summed E-state index contributed by atoms with van der Waals surface area (Å²) >= 11 is 0. The number of nitrogens with one attached hydrogen (secondary N) is 1. The number of nitrogens with zero attached hydrogens (tertiary/aromatic N) is 2. The molecule has 0 fully saturated rings. The maximum Gasteiger partial charge on any atom is 0.222 e. The molecule has 0 saturated carbocycles. The molecule has 4 heteroatoms. The Morgan fingerprint density at radius 3 is 2.45 bits per heavy atom. The van der Waals surface area contributed by atoms with Crippen LogP contribution in [0.2, 0.25) is 0 Å². The molecule has 0 aliphatic rings. The van der Waals surface area contributed by atoms with Gasteiger partial charge in [0, 0.05) is 13.6 Å². The number of para-hydroxylation sites is 1. The number of rotatable bonds is 5. The molecule has 0 atom stereocenters. The molecule has 1 heterocycles. The van der Waals surface area contributed by atoms with Crippen molar-refractivity contribution in [1.29, 1.82) is 0 Å². The molecule has 20 heavy (non-hydrogen) atoms. The SMILES string of the molecule is CCNCc1c(C)nn(C)c1Oc1c(C)cccc1C. The smallest absolute Gasteiger partial charge is 0.222 e. The molecule has 0 aliphatic heterocycles. The summed E-state index contributed by atoms with van der Waals surface area (Å²) in [5, 5.41) is 7.81. The van der Waals surface area contributed by atoms with E-state index in [1.807, 2.05) is 24.7 Å². The maximum atomic E-state index is 6.18. The van der Waals surface area contributed by atoms with Gasteiger partial charge in [-0.25, -0.2) is 4.68 Å². The zero-order chi connectivity index (χ0) is 14.7. The van der Waals surface area contributed by atoms with Crippen LogP contribution in [0.5, 0.6) is 11.6 Å². The van der Waals surface area contributed by atoms with Crippen molar-refractivity contribution >= 4 is 0 Å². The van der Waals surface area contributed by atoms with Crippen molar-refractivity contribution in [2.45, 2.75) is 34.2 Å². The summed E-state index contributed by atoms with van der Waals surface area (Å²) in [5.41, 5.74) is 4.41. The third-order valence-electron chi connectivity index (χ3n) is 3.45. The summed E-state index contributed by atoms with van der Waals surface area (Å²) in [6.07, 6.45) is 0. The van der Waals surface area contributed by atoms with Gasteiger partial charge < -0.3 is 10.1 Å². The minimum atomic E-state index is 0.774. The lowest BCUT2D eigenvalue weighted by atomic mass is 10.1. The largest absolute Gasteiger partial charge is 0.438 e. The molecule has 1 aromatic carbocycles. The van der Waals surface area contributed by atoms with Gasteiger partial charge in [0.25, 0.3) is 0 Å². The molecule has 108 valence electrons. The predicted molar refractivity (Wildman–Crippen MR) is 81.3 cm³/mol. The van der Waals surface area contributed by atoms with Gasteiger partial charge in [-0.15, -0.1) is 0 Å². The van der Waals surface area contributed by atoms with Crippen molar-refractivity contribution in [2.75, 3.05) is 6.54 Å². The highest BCUT2D eigenvalue weighted by Gasteiger charge is 2.16. The van der Waals surface area contributed by atoms with Crippen LogP contribution in [0.1, 0.15) is 29.3 Å². The molecule has 2 aromatic rings. The number of ether oxygens (including phenoxy) is 1. The second-order valence-electron chi connectivity index (χ2n) is 5.10. The second-order valence-corrected chi connectivity index (χ2v) is 5.10. The third kappa shape index (κ3) is 2.85. The first-order valence-corrected chi connectivity index (χ1v) is 7.01. The van der Waals surface area contributed by atoms with Gasteiger partial charge in [-0.3, -0.25) is 0 Å². The fraction of sp³-hybridized carbons (Fsp3) is 0.438. The number of aromatic nitrogens is 2. The summed E-state index contributed by atoms with van der Waals surface area (Å²) in [5.74, 6) is 1.74. The molecule has 0 aliphatic carbocycles. The Kier molecular flexibility index (Phi) is 4.45. The molecule has 4 nitrogen and oxygen atoms in total. The van der Waals surface area contributed by atoms with E-state index in [1.165, 1.54) is 0 Å². The van der Waals surface area contributed by atoms with Gasteiger partial charge in [-0.2, -0.15) is 5.10 Å². The van der Waals surface area contributed by atoms with E-state index in [-0.39, 0.29) is 0 Å². The van der Waals surface area contributed by atoms with Crippen LogP contribution in [0.3, 0.4) is 0 Å². The third-order valence-corrected chi connectivity index (χ3v) is 3.45. The van der Waals surface area contributed by atoms with Gasteiger partial charge in [-0.1, -0.05) is 25.1 Å². The summed E-state index contributed by atoms with van der Waals surface area (Å²) in [7, 11) is 1.92. The Labute approximate surface area is 120 Å². The van der Waals surface area contributed by atoms with Gasteiger partial charge in [-0.05, 0) is 38.4 Å². The van der Waals surface area contributed by atoms with E-state index >= 15 is 0 Å². The van der Waals surface area contributed by atoms with Crippen molar-refractivity contribution in [3.63, 3.8) is 0 Å². The summed E-state index contributed by atoms with van der Waals surface area (Å²) in [6, 6.07) is 6.18. The first kappa shape index (κ1) is 14.6. The fourth-order valence-electron chi connectivity index (χ4n) is 2.32. The Balaban J connectivity index is 2.38. The standard InChI is InChI=1S/C16H23N3O/c1-6-17-10-14-13(4)18-19(5)16(14)20-15-11(2)8-7-9-12(15)3/h7-9,17H,6,10H2,1-5H3. The van der Waals surface area contributed by atoms with E-state index in [4.69, 9.17) is 4.74 Å². The lowest BCUT2D eigenvalue weighted by molar-refractivity contribution is 0.419. The van der Waals surface area contributed by atoms with Crippen LogP contribution in [0, 0.1) is 20.8 Å². The van der Waals surface area contributed by atoms with Gasteiger partial charge in [0.2, 0.25) is 5.88 Å². The zero-order valence-electron chi connectivity index (χ0n) is 12.9. The Morgan fingerprint density at radius 2 is 1.85 bits per heavy atom. The van der Waals surface area contributed by atoms with Crippen molar-refractivity contribution in [1.82, 2.24) is 15.1 Å². The highest BCUT2D eigenvalue weighted by Crippen LogP contribution is 2.31. The lowest BCUT2D eigenvalue weighted by Crippen LogP contribution is -2.13. The van der Waals surface area contributed by atoms with Gasteiger partial charge in [0.1, 0.15) is 5.75 Å². The molecule has 0 amide bonds. The zero-order valence-corrected chi connectivity index (χ0v) is 12.9. The summed E-state index contributed by atoms with van der Waals surface area (Å²) in [6.45, 7) is 9.95. The lowest BCUT2D eigenvalue weighted by Gasteiger charge is -2.13. The maximum absolute atomic E-state index is 6.18. The minimum absolute atomic E-state index is 0.774. The van der Waals surface area contributed by atoms with Crippen molar-refractivity contribution in [2.24, 2.45) is 7.05 Å². The number of hydrogen-bond donors (Lipinski definition) is 1. The molecule has 1 N–H and O–H groups in total. The van der Waals surface area contributed by atoms with Crippen LogP contribution in [-0.2, 0) is 13.6 Å². The van der Waals surface area contributed by atoms with E-state index in [1.54, 1.807) is 0 Å². The Bertz CT molecular complexity index is 582. The van der Waals surface area contributed by atoms with Crippen LogP contribution in [0.15, 0.2) is 18.2 Å². The molecule has 0 saturated heterocycles. The second kappa shape index (κ2) is 6.09. The molecule has 0 spiro atoms. The van der Waals surface area contributed by atoms with Crippen LogP contribution in [-0.4, -0.2) is 16.3 Å². The topological polar surface area (TPSA) is 39.1 Å². The van der Waals surface area contributed by atoms with E-state index in [0.29, 0.717) is 0 Å². The van der Waals surface area contributed by atoms with Crippen molar-refractivity contribution in [3.05, 3.63) is 40.6 Å². The molecule has 0 bridgehead atoms. The molecular formula is C16H23N3O. The molecule has 0 radical (unpaired) electrons. The average molecular weight is 273 g/mol. The van der Waals surface area contributed by atoms with E-state index in [9.17, 15) is 0 Å². The monoisotopic (exact) mass is 273 g/mol. The van der Waals surface area contributed by atoms with Crippen molar-refractivity contribution in [3.8, 4) is 11.6 Å². The van der Waals surface area contributed by atoms with Gasteiger partial charge in [0.15, 0.2) is 0 Å². The minimum Gasteiger partial charge on any atom is -0.438 e. The van der Waals surface area contributed by atoms with Gasteiger partial charge in [0.05, 0.1) is 11.3 Å². The average Bonchev–Trinajstić information content (AvgIpc) is 2.66. The van der Waals surface area contributed by atoms with E-state index < -0.39 is 0 Å². The number of hydrogen-bond acceptors (Lipinski definition) is 3. The summed E-state index contributed by atoms with van der Waals surface area (Å²) in [4.78, 5) is 0. The van der Waals surface area contributed by atoms with Crippen LogP contribution < -0.4 is 10.1 Å². The van der Waals surface area contributed by atoms with Gasteiger partial charge >= 0.3 is 0 Å². The number of aryl methyl sites for hydroxylation is 4. The van der Waals surface area contributed by atoms with Crippen molar-refractivity contribution < 1.29 is 4.74 Å². The molecule has 0 unspecified atom stereocenters. The molecule has 2 rings (SSSR count). The van der Waals surface area contributed by atoms with Crippen LogP contribution in [0.25, 0.3) is 0 Å². The molecular weight excluding hydrogens is 250 g/mol. The van der Waals surface area contributed by atoms with Crippen LogP contribution >= 0.6 is 0 Å². The normalized spacial score (nSPS) is 10.8. The highest BCUT2D eigenvalue weighted by atomic mass is 16.5. The number of benzene rings is 1. The molecule has 1 aromatic heterocycles. The Morgan fingerprint density at radius 1 is 1.20 bits per heavy atom. The van der Waals surface area contributed by atoms with Crippen LogP contribution in [0.4, 0.5) is 0 Å². The fourth-order valence-corrected chi connectivity index (χ4v) is 2.32. The predicted octanol–water partition coefficient (Wildman–Crippen LogP) is 3.25. The quantitative estimate of drug-likeness (QED) is 0.909. The van der Waals surface area contributed by atoms with E-state index in [2.05, 4.69) is 43.3 Å². The highest BCUT2D eigenvalue weighted by molar-refractivity contribution is 5.44. The van der Waals surface area contributed by atoms with E-state index in [0.717, 1.165) is 47.1 Å².